The van der Waals surface area contributed by atoms with Crippen LogP contribution >= 0.6 is 18.1 Å². The topological polar surface area (TPSA) is 42.0 Å². The molecule has 0 N–H and O–H groups in total. The smallest absolute Gasteiger partial charge is 0.362 e. The van der Waals surface area contributed by atoms with Crippen molar-refractivity contribution < 1.29 is 13.8 Å². The van der Waals surface area contributed by atoms with E-state index in [-0.39, 0.29) is 6.61 Å². The number of hydrogen-bond donors (Lipinski definition) is 0. The van der Waals surface area contributed by atoms with Gasteiger partial charge in [0, 0.05) is 19.1 Å². The Morgan fingerprint density at radius 2 is 1.38 bits per heavy atom. The van der Waals surface area contributed by atoms with Crippen molar-refractivity contribution >= 4 is 26.0 Å². The number of morpholine rings is 1. The van der Waals surface area contributed by atoms with Crippen molar-refractivity contribution in [3.63, 3.8) is 0 Å². The second-order valence-electron chi connectivity index (χ2n) is 8.60. The van der Waals surface area contributed by atoms with Gasteiger partial charge in [-0.15, -0.1) is 0 Å². The Labute approximate surface area is 208 Å². The molecule has 3 aromatic carbocycles. The summed E-state index contributed by atoms with van der Waals surface area (Å²) < 4.78 is 25.5. The SMILES string of the molecule is [B]C1CN(C(c2ccccc2)(c2ccccc2)c2ccccc2)CC(COP(=O)(Cl)N(C)C)O1. The maximum absolute atomic E-state index is 12.5. The molecule has 1 aliphatic rings. The second kappa shape index (κ2) is 10.8. The third kappa shape index (κ3) is 5.18. The molecule has 2 radical (unpaired) electrons. The summed E-state index contributed by atoms with van der Waals surface area (Å²) >= 11 is 6.10. The van der Waals surface area contributed by atoms with E-state index in [1.54, 1.807) is 14.1 Å². The molecular weight excluding hydrogens is 466 g/mol. The Bertz CT molecular complexity index is 1010. The average molecular weight is 495 g/mol. The minimum absolute atomic E-state index is 0.0671. The minimum atomic E-state index is -3.42. The largest absolute Gasteiger partial charge is 0.380 e. The highest BCUT2D eigenvalue weighted by Gasteiger charge is 2.45. The molecule has 0 saturated carbocycles. The van der Waals surface area contributed by atoms with E-state index in [1.807, 2.05) is 18.2 Å². The van der Waals surface area contributed by atoms with Crippen LogP contribution in [0.4, 0.5) is 0 Å². The zero-order chi connectivity index (χ0) is 24.2. The number of rotatable bonds is 8. The standard InChI is InChI=1S/C26H29BClN2O3P/c1-29(2)34(28,31)32-20-24-18-30(19-25(27)33-24)26(21-12-6-3-7-13-21,22-14-8-4-9-15-22)23-16-10-5-11-17-23/h3-17,24-25H,18-20H2,1-2H3. The van der Waals surface area contributed by atoms with Crippen LogP contribution in [0.15, 0.2) is 91.0 Å². The van der Waals surface area contributed by atoms with Crippen molar-refractivity contribution in [3.8, 4) is 0 Å². The second-order valence-corrected chi connectivity index (χ2v) is 11.8. The van der Waals surface area contributed by atoms with Gasteiger partial charge < -0.3 is 9.26 Å². The summed E-state index contributed by atoms with van der Waals surface area (Å²) in [5, 5.41) is 0. The van der Waals surface area contributed by atoms with Crippen LogP contribution in [0.1, 0.15) is 16.7 Å². The molecule has 8 heteroatoms. The van der Waals surface area contributed by atoms with Crippen molar-refractivity contribution in [1.29, 1.82) is 0 Å². The molecule has 0 bridgehead atoms. The summed E-state index contributed by atoms with van der Waals surface area (Å²) in [5.41, 5.74) is 2.75. The number of halogens is 1. The first-order valence-corrected chi connectivity index (χ1v) is 13.8. The summed E-state index contributed by atoms with van der Waals surface area (Å²) in [5.74, 6) is 0. The van der Waals surface area contributed by atoms with Gasteiger partial charge in [0.15, 0.2) is 0 Å². The van der Waals surface area contributed by atoms with Crippen LogP contribution in [0.3, 0.4) is 0 Å². The Kier molecular flexibility index (Phi) is 7.99. The molecular formula is C26H29BClN2O3P. The van der Waals surface area contributed by atoms with Crippen LogP contribution in [-0.2, 0) is 19.4 Å². The molecule has 176 valence electrons. The predicted molar refractivity (Wildman–Crippen MR) is 138 cm³/mol. The first-order chi connectivity index (χ1) is 16.3. The fourth-order valence-electron chi connectivity index (χ4n) is 4.61. The van der Waals surface area contributed by atoms with E-state index in [0.717, 1.165) is 16.7 Å². The molecule has 3 aromatic rings. The van der Waals surface area contributed by atoms with E-state index in [1.165, 1.54) is 4.67 Å². The summed E-state index contributed by atoms with van der Waals surface area (Å²) in [6.07, 6.45) is -0.411. The molecule has 1 aliphatic heterocycles. The lowest BCUT2D eigenvalue weighted by atomic mass is 9.74. The van der Waals surface area contributed by atoms with Crippen LogP contribution in [0.2, 0.25) is 0 Å². The van der Waals surface area contributed by atoms with Crippen molar-refractivity contribution in [2.45, 2.75) is 17.6 Å². The van der Waals surface area contributed by atoms with Gasteiger partial charge >= 0.3 is 6.87 Å². The molecule has 0 aliphatic carbocycles. The third-order valence-electron chi connectivity index (χ3n) is 6.14. The van der Waals surface area contributed by atoms with E-state index >= 15 is 0 Å². The monoisotopic (exact) mass is 494 g/mol. The minimum Gasteiger partial charge on any atom is -0.380 e. The molecule has 4 rings (SSSR count). The third-order valence-corrected chi connectivity index (χ3v) is 8.76. The normalized spacial score (nSPS) is 21.3. The van der Waals surface area contributed by atoms with Crippen LogP contribution < -0.4 is 0 Å². The van der Waals surface area contributed by atoms with Gasteiger partial charge in [-0.25, -0.2) is 4.67 Å². The lowest BCUT2D eigenvalue weighted by Gasteiger charge is -2.50. The highest BCUT2D eigenvalue weighted by atomic mass is 35.7. The number of benzene rings is 3. The van der Waals surface area contributed by atoms with Crippen LogP contribution in [-0.4, -0.2) is 63.3 Å². The Balaban J connectivity index is 1.81. The van der Waals surface area contributed by atoms with Gasteiger partial charge in [0.2, 0.25) is 0 Å². The van der Waals surface area contributed by atoms with Crippen LogP contribution in [0.5, 0.6) is 0 Å². The molecule has 1 fully saturated rings. The molecule has 3 unspecified atom stereocenters. The molecule has 34 heavy (non-hydrogen) atoms. The van der Waals surface area contributed by atoms with Gasteiger partial charge in [0.05, 0.1) is 18.2 Å². The van der Waals surface area contributed by atoms with Crippen molar-refractivity contribution in [2.75, 3.05) is 33.8 Å². The number of ether oxygens (including phenoxy) is 1. The Morgan fingerprint density at radius 1 is 0.941 bits per heavy atom. The highest BCUT2D eigenvalue weighted by molar-refractivity contribution is 7.83. The van der Waals surface area contributed by atoms with E-state index in [2.05, 4.69) is 77.7 Å². The fourth-order valence-corrected chi connectivity index (χ4v) is 5.36. The fraction of sp³-hybridized carbons (Fsp3) is 0.308. The summed E-state index contributed by atoms with van der Waals surface area (Å²) in [4.78, 5) is 2.34. The molecule has 0 amide bonds. The zero-order valence-electron chi connectivity index (χ0n) is 19.5. The zero-order valence-corrected chi connectivity index (χ0v) is 21.1. The van der Waals surface area contributed by atoms with Crippen LogP contribution in [0.25, 0.3) is 0 Å². The van der Waals surface area contributed by atoms with Gasteiger partial charge in [-0.1, -0.05) is 91.0 Å². The van der Waals surface area contributed by atoms with Gasteiger partial charge in [-0.3, -0.25) is 9.46 Å². The molecule has 0 spiro atoms. The molecule has 5 nitrogen and oxygen atoms in total. The molecule has 1 saturated heterocycles. The predicted octanol–water partition coefficient (Wildman–Crippen LogP) is 5.10. The van der Waals surface area contributed by atoms with Gasteiger partial charge in [-0.05, 0) is 42.0 Å². The maximum Gasteiger partial charge on any atom is 0.362 e. The first-order valence-electron chi connectivity index (χ1n) is 11.3. The quantitative estimate of drug-likeness (QED) is 0.248. The Morgan fingerprint density at radius 3 is 1.79 bits per heavy atom. The molecule has 0 aromatic heterocycles. The molecule has 3 atom stereocenters. The van der Waals surface area contributed by atoms with Gasteiger partial charge in [-0.2, -0.15) is 0 Å². The van der Waals surface area contributed by atoms with E-state index in [9.17, 15) is 4.57 Å². The highest BCUT2D eigenvalue weighted by Crippen LogP contribution is 2.54. The number of hydrogen-bond acceptors (Lipinski definition) is 4. The lowest BCUT2D eigenvalue weighted by Crippen LogP contribution is -2.58. The maximum atomic E-state index is 12.5. The summed E-state index contributed by atoms with van der Waals surface area (Å²) in [7, 11) is 9.66. The van der Waals surface area contributed by atoms with Crippen molar-refractivity contribution in [3.05, 3.63) is 108 Å². The van der Waals surface area contributed by atoms with Crippen molar-refractivity contribution in [2.24, 2.45) is 0 Å². The van der Waals surface area contributed by atoms with E-state index < -0.39 is 24.5 Å². The van der Waals surface area contributed by atoms with Crippen molar-refractivity contribution in [1.82, 2.24) is 9.57 Å². The lowest BCUT2D eigenvalue weighted by molar-refractivity contribution is -0.0868. The van der Waals surface area contributed by atoms with E-state index in [4.69, 9.17) is 28.3 Å². The van der Waals surface area contributed by atoms with Gasteiger partial charge in [0.25, 0.3) is 0 Å². The van der Waals surface area contributed by atoms with E-state index in [0.29, 0.717) is 13.1 Å². The molecule has 1 heterocycles. The average Bonchev–Trinajstić information content (AvgIpc) is 2.85. The summed E-state index contributed by atoms with van der Waals surface area (Å²) in [6, 6.07) is 30.7. The van der Waals surface area contributed by atoms with Crippen LogP contribution in [0, 0.1) is 0 Å². The Hall–Kier alpha value is -1.92. The summed E-state index contributed by atoms with van der Waals surface area (Å²) in [6.45, 7) is -2.34. The first kappa shape index (κ1) is 25.2. The number of nitrogens with zero attached hydrogens (tertiary/aromatic N) is 2. The van der Waals surface area contributed by atoms with Gasteiger partial charge in [0.1, 0.15) is 7.85 Å².